The highest BCUT2D eigenvalue weighted by Crippen LogP contribution is 2.78. The molecule has 7 unspecified atom stereocenters. The molecule has 106 valence electrons. The third-order valence-electron chi connectivity index (χ3n) is 5.08. The first-order chi connectivity index (χ1) is 8.81. The molecule has 5 aliphatic rings. The molecule has 2 saturated carbocycles. The number of thioether (sulfide) groups is 1. The lowest BCUT2D eigenvalue weighted by Crippen LogP contribution is -2.76. The molecule has 0 amide bonds. The third kappa shape index (κ3) is 1.20. The van der Waals surface area contributed by atoms with E-state index in [9.17, 15) is 13.2 Å². The Balaban J connectivity index is 1.68. The summed E-state index contributed by atoms with van der Waals surface area (Å²) in [5, 5.41) is 0.0968. The summed E-state index contributed by atoms with van der Waals surface area (Å²) in [5.41, 5.74) is 0. The van der Waals surface area contributed by atoms with Gasteiger partial charge in [-0.15, -0.1) is 11.8 Å². The van der Waals surface area contributed by atoms with Gasteiger partial charge in [0.25, 0.3) is 0 Å². The maximum Gasteiger partial charge on any atom is 0.319 e. The van der Waals surface area contributed by atoms with Gasteiger partial charge in [-0.25, -0.2) is 8.42 Å². The molecule has 5 rings (SSSR count). The highest BCUT2D eigenvalue weighted by molar-refractivity contribution is 9.10. The van der Waals surface area contributed by atoms with E-state index in [1.54, 1.807) is 25.7 Å². The number of carbonyl (C=O) groups excluding carboxylic acids is 1. The number of sulfonamides is 1. The molecule has 0 aromatic rings. The van der Waals surface area contributed by atoms with Gasteiger partial charge in [0, 0.05) is 18.2 Å². The average Bonchev–Trinajstić information content (AvgIpc) is 2.85. The van der Waals surface area contributed by atoms with Crippen LogP contribution in [0.4, 0.5) is 0 Å². The lowest BCUT2D eigenvalue weighted by atomic mass is 9.66. The molecule has 7 atom stereocenters. The molecule has 5 fully saturated rings. The summed E-state index contributed by atoms with van der Waals surface area (Å²) >= 11 is 4.99. The first-order valence-electron chi connectivity index (χ1n) is 6.31. The SMILES string of the molecule is CC(Br)C(=O)OC1C2C3CC4C2(S3)C1N(C)S4(=O)=O. The Hall–Kier alpha value is 0.210. The zero-order chi connectivity index (χ0) is 13.7. The Kier molecular flexibility index (Phi) is 2.38. The molecule has 3 heterocycles. The molecule has 19 heavy (non-hydrogen) atoms. The largest absolute Gasteiger partial charge is 0.459 e. The Bertz CT molecular complexity index is 579. The molecule has 8 heteroatoms. The van der Waals surface area contributed by atoms with E-state index >= 15 is 0 Å². The number of likely N-dealkylation sites (N-methyl/N-ethyl adjacent to an activating group) is 1. The fourth-order valence-electron chi connectivity index (χ4n) is 4.34. The van der Waals surface area contributed by atoms with Crippen molar-refractivity contribution in [3.63, 3.8) is 0 Å². The van der Waals surface area contributed by atoms with Crippen LogP contribution in [0.1, 0.15) is 13.3 Å². The van der Waals surface area contributed by atoms with Crippen LogP contribution in [0, 0.1) is 5.92 Å². The molecule has 2 bridgehead atoms. The van der Waals surface area contributed by atoms with Gasteiger partial charge < -0.3 is 4.74 Å². The summed E-state index contributed by atoms with van der Waals surface area (Å²) in [7, 11) is -1.59. The van der Waals surface area contributed by atoms with Crippen LogP contribution in [0.5, 0.6) is 0 Å². The Morgan fingerprint density at radius 3 is 2.89 bits per heavy atom. The summed E-state index contributed by atoms with van der Waals surface area (Å²) in [5.74, 6) is -0.0622. The first-order valence-corrected chi connectivity index (χ1v) is 9.61. The van der Waals surface area contributed by atoms with Gasteiger partial charge in [-0.2, -0.15) is 4.31 Å². The molecule has 1 spiro atoms. The molecule has 3 saturated heterocycles. The van der Waals surface area contributed by atoms with Crippen LogP contribution < -0.4 is 0 Å². The fourth-order valence-corrected chi connectivity index (χ4v) is 9.65. The van der Waals surface area contributed by atoms with Crippen molar-refractivity contribution in [2.45, 2.75) is 45.6 Å². The van der Waals surface area contributed by atoms with E-state index in [1.807, 2.05) is 0 Å². The van der Waals surface area contributed by atoms with Crippen molar-refractivity contribution in [2.24, 2.45) is 5.92 Å². The minimum absolute atomic E-state index is 0.161. The number of esters is 1. The number of halogens is 1. The van der Waals surface area contributed by atoms with Crippen LogP contribution >= 0.6 is 27.7 Å². The van der Waals surface area contributed by atoms with Crippen molar-refractivity contribution >= 4 is 43.7 Å². The predicted molar refractivity (Wildman–Crippen MR) is 74.7 cm³/mol. The summed E-state index contributed by atoms with van der Waals surface area (Å²) < 4.78 is 31.6. The summed E-state index contributed by atoms with van der Waals surface area (Å²) in [6.07, 6.45) is 0.460. The molecule has 5 nitrogen and oxygen atoms in total. The van der Waals surface area contributed by atoms with Gasteiger partial charge in [0.15, 0.2) is 0 Å². The highest BCUT2D eigenvalue weighted by atomic mass is 79.9. The molecule has 0 N–H and O–H groups in total. The fraction of sp³-hybridized carbons (Fsp3) is 0.909. The normalized spacial score (nSPS) is 53.9. The molecule has 3 aliphatic heterocycles. The number of ether oxygens (including phenoxy) is 1. The van der Waals surface area contributed by atoms with Gasteiger partial charge in [-0.05, 0) is 13.3 Å². The van der Waals surface area contributed by atoms with Crippen molar-refractivity contribution in [1.82, 2.24) is 4.31 Å². The van der Waals surface area contributed by atoms with Gasteiger partial charge in [-0.1, -0.05) is 15.9 Å². The molecule has 0 aromatic heterocycles. The van der Waals surface area contributed by atoms with Gasteiger partial charge in [0.05, 0.1) is 16.0 Å². The number of rotatable bonds is 2. The summed E-state index contributed by atoms with van der Waals surface area (Å²) in [6.45, 7) is 1.72. The van der Waals surface area contributed by atoms with Gasteiger partial charge in [0.2, 0.25) is 10.0 Å². The lowest BCUT2D eigenvalue weighted by molar-refractivity contribution is -0.166. The van der Waals surface area contributed by atoms with Crippen molar-refractivity contribution < 1.29 is 17.9 Å². The Morgan fingerprint density at radius 2 is 2.26 bits per heavy atom. The highest BCUT2D eigenvalue weighted by Gasteiger charge is 2.88. The Labute approximate surface area is 124 Å². The maximum absolute atomic E-state index is 12.4. The second-order valence-corrected chi connectivity index (χ2v) is 10.9. The van der Waals surface area contributed by atoms with Crippen molar-refractivity contribution in [2.75, 3.05) is 7.05 Å². The number of nitrogens with zero attached hydrogens (tertiary/aromatic N) is 1. The summed E-state index contributed by atoms with van der Waals surface area (Å²) in [6, 6.07) is -0.161. The van der Waals surface area contributed by atoms with E-state index in [-0.39, 0.29) is 38.9 Å². The number of hydrogen-bond acceptors (Lipinski definition) is 5. The van der Waals surface area contributed by atoms with Crippen LogP contribution in [0.15, 0.2) is 0 Å². The minimum atomic E-state index is -3.21. The van der Waals surface area contributed by atoms with E-state index < -0.39 is 10.0 Å². The van der Waals surface area contributed by atoms with Crippen LogP contribution in [-0.4, -0.2) is 58.0 Å². The minimum Gasteiger partial charge on any atom is -0.459 e. The second-order valence-electron chi connectivity index (χ2n) is 5.78. The van der Waals surface area contributed by atoms with Crippen LogP contribution in [-0.2, 0) is 19.6 Å². The average molecular weight is 368 g/mol. The van der Waals surface area contributed by atoms with Crippen molar-refractivity contribution in [3.05, 3.63) is 0 Å². The van der Waals surface area contributed by atoms with E-state index in [4.69, 9.17) is 4.74 Å². The molecular formula is C11H14BrNO4S2. The van der Waals surface area contributed by atoms with Crippen molar-refractivity contribution in [3.8, 4) is 0 Å². The van der Waals surface area contributed by atoms with Crippen LogP contribution in [0.2, 0.25) is 0 Å². The summed E-state index contributed by atoms with van der Waals surface area (Å²) in [4.78, 5) is 11.4. The molecular weight excluding hydrogens is 354 g/mol. The van der Waals surface area contributed by atoms with Gasteiger partial charge in [0.1, 0.15) is 10.9 Å². The van der Waals surface area contributed by atoms with Gasteiger partial charge in [-0.3, -0.25) is 4.79 Å². The number of alkyl halides is 1. The topological polar surface area (TPSA) is 63.7 Å². The van der Waals surface area contributed by atoms with Crippen molar-refractivity contribution in [1.29, 1.82) is 0 Å². The van der Waals surface area contributed by atoms with Crippen LogP contribution in [0.25, 0.3) is 0 Å². The Morgan fingerprint density at radius 1 is 1.58 bits per heavy atom. The molecule has 2 aliphatic carbocycles. The maximum atomic E-state index is 12.4. The van der Waals surface area contributed by atoms with Crippen LogP contribution in [0.3, 0.4) is 0 Å². The van der Waals surface area contributed by atoms with Gasteiger partial charge >= 0.3 is 5.97 Å². The first kappa shape index (κ1) is 12.9. The number of carbonyl (C=O) groups is 1. The molecule has 0 aromatic carbocycles. The van der Waals surface area contributed by atoms with E-state index in [0.717, 1.165) is 6.42 Å². The zero-order valence-electron chi connectivity index (χ0n) is 10.4. The van der Waals surface area contributed by atoms with E-state index in [2.05, 4.69) is 15.9 Å². The van der Waals surface area contributed by atoms with E-state index in [0.29, 0.717) is 5.25 Å². The third-order valence-corrected chi connectivity index (χ3v) is 9.93. The number of hydrogen-bond donors (Lipinski definition) is 0. The van der Waals surface area contributed by atoms with E-state index in [1.165, 1.54) is 4.31 Å². The predicted octanol–water partition coefficient (Wildman–Crippen LogP) is 0.582. The zero-order valence-corrected chi connectivity index (χ0v) is 13.7. The standard InChI is InChI=1S/C11H14BrNO4S2/c1-4(12)10(14)17-8-7-5-3-6-11(7,18-5)9(8)13(2)19(6,15)16/h4-9H,3H2,1-2H3. The molecule has 0 radical (unpaired) electrons. The quantitative estimate of drug-likeness (QED) is 0.527. The second kappa shape index (κ2) is 3.51. The monoisotopic (exact) mass is 367 g/mol. The smallest absolute Gasteiger partial charge is 0.319 e. The lowest BCUT2D eigenvalue weighted by Gasteiger charge is -2.63.